The fourth-order valence-electron chi connectivity index (χ4n) is 2.08. The molecule has 1 amide bonds. The Labute approximate surface area is 77.9 Å². The lowest BCUT2D eigenvalue weighted by atomic mass is 9.76. The minimum Gasteiger partial charge on any atom is -0.392 e. The van der Waals surface area contributed by atoms with Gasteiger partial charge in [-0.25, -0.2) is 5.43 Å². The van der Waals surface area contributed by atoms with Crippen LogP contribution < -0.4 is 5.43 Å². The summed E-state index contributed by atoms with van der Waals surface area (Å²) >= 11 is 0. The van der Waals surface area contributed by atoms with Crippen LogP contribution in [0.25, 0.3) is 0 Å². The number of hydrazine groups is 1. The fraction of sp³-hybridized carbons (Fsp3) is 0.889. The monoisotopic (exact) mass is 184 g/mol. The standard InChI is InChI=1S/C9H16N2O2/c1-7(12)6-11-8(13)5-9(10-11)3-2-4-9/h7,10,12H,2-6H2,1H3. The molecule has 1 saturated heterocycles. The smallest absolute Gasteiger partial charge is 0.238 e. The zero-order chi connectivity index (χ0) is 9.47. The summed E-state index contributed by atoms with van der Waals surface area (Å²) in [6, 6.07) is 0. The molecule has 0 aromatic carbocycles. The van der Waals surface area contributed by atoms with Gasteiger partial charge < -0.3 is 5.11 Å². The molecule has 1 saturated carbocycles. The highest BCUT2D eigenvalue weighted by molar-refractivity contribution is 5.79. The second kappa shape index (κ2) is 2.96. The lowest BCUT2D eigenvalue weighted by Crippen LogP contribution is -2.51. The fourth-order valence-corrected chi connectivity index (χ4v) is 2.08. The third-order valence-electron chi connectivity index (χ3n) is 2.92. The molecule has 0 bridgehead atoms. The van der Waals surface area contributed by atoms with E-state index in [-0.39, 0.29) is 11.4 Å². The number of aliphatic hydroxyl groups excluding tert-OH is 1. The number of hydrogen-bond acceptors (Lipinski definition) is 3. The van der Waals surface area contributed by atoms with Crippen LogP contribution in [0.2, 0.25) is 0 Å². The third-order valence-corrected chi connectivity index (χ3v) is 2.92. The minimum atomic E-state index is -0.452. The van der Waals surface area contributed by atoms with E-state index in [1.54, 1.807) is 11.9 Å². The van der Waals surface area contributed by atoms with Gasteiger partial charge in [-0.1, -0.05) is 0 Å². The summed E-state index contributed by atoms with van der Waals surface area (Å²) in [6.45, 7) is 2.10. The molecule has 1 atom stereocenters. The number of nitrogens with one attached hydrogen (secondary N) is 1. The van der Waals surface area contributed by atoms with Crippen molar-refractivity contribution in [3.05, 3.63) is 0 Å². The van der Waals surface area contributed by atoms with Crippen molar-refractivity contribution in [1.29, 1.82) is 0 Å². The van der Waals surface area contributed by atoms with Crippen molar-refractivity contribution in [2.45, 2.75) is 44.2 Å². The Morgan fingerprint density at radius 3 is 2.77 bits per heavy atom. The van der Waals surface area contributed by atoms with Gasteiger partial charge in [-0.2, -0.15) is 0 Å². The number of β-amino-alcohol motifs (C(OH)–C–C–N with tert-alkyl or cyclic N) is 1. The van der Waals surface area contributed by atoms with Crippen molar-refractivity contribution >= 4 is 5.91 Å². The Balaban J connectivity index is 1.95. The average Bonchev–Trinajstić information content (AvgIpc) is 2.27. The zero-order valence-corrected chi connectivity index (χ0v) is 7.92. The number of rotatable bonds is 2. The molecule has 4 heteroatoms. The van der Waals surface area contributed by atoms with E-state index >= 15 is 0 Å². The second-order valence-electron chi connectivity index (χ2n) is 4.28. The molecule has 1 aliphatic heterocycles. The minimum absolute atomic E-state index is 0.0615. The predicted molar refractivity (Wildman–Crippen MR) is 47.7 cm³/mol. The second-order valence-corrected chi connectivity index (χ2v) is 4.28. The van der Waals surface area contributed by atoms with E-state index in [2.05, 4.69) is 5.43 Å². The first-order valence-corrected chi connectivity index (χ1v) is 4.88. The first-order valence-electron chi connectivity index (χ1n) is 4.88. The summed E-state index contributed by atoms with van der Waals surface area (Å²) in [6.07, 6.45) is 3.55. The number of carbonyl (C=O) groups excluding carboxylic acids is 1. The normalized spacial score (nSPS) is 27.8. The lowest BCUT2D eigenvalue weighted by molar-refractivity contribution is -0.130. The zero-order valence-electron chi connectivity index (χ0n) is 7.92. The summed E-state index contributed by atoms with van der Waals surface area (Å²) < 4.78 is 0. The molecule has 1 aliphatic carbocycles. The Morgan fingerprint density at radius 2 is 2.38 bits per heavy atom. The molecular weight excluding hydrogens is 168 g/mol. The van der Waals surface area contributed by atoms with Crippen LogP contribution >= 0.6 is 0 Å². The van der Waals surface area contributed by atoms with E-state index < -0.39 is 6.10 Å². The predicted octanol–water partition coefficient (Wildman–Crippen LogP) is 0.0268. The Bertz CT molecular complexity index is 224. The topological polar surface area (TPSA) is 52.6 Å². The molecule has 0 aromatic heterocycles. The summed E-state index contributed by atoms with van der Waals surface area (Å²) in [5.74, 6) is 0.126. The van der Waals surface area contributed by atoms with Gasteiger partial charge in [0.25, 0.3) is 0 Å². The van der Waals surface area contributed by atoms with Crippen molar-refractivity contribution in [3.63, 3.8) is 0 Å². The largest absolute Gasteiger partial charge is 0.392 e. The van der Waals surface area contributed by atoms with Gasteiger partial charge in [-0.05, 0) is 26.2 Å². The van der Waals surface area contributed by atoms with Crippen molar-refractivity contribution < 1.29 is 9.90 Å². The maximum Gasteiger partial charge on any atom is 0.238 e. The van der Waals surface area contributed by atoms with Gasteiger partial charge in [0.05, 0.1) is 12.6 Å². The van der Waals surface area contributed by atoms with E-state index in [1.807, 2.05) is 0 Å². The van der Waals surface area contributed by atoms with Gasteiger partial charge in [-0.15, -0.1) is 0 Å². The molecule has 1 heterocycles. The average molecular weight is 184 g/mol. The van der Waals surface area contributed by atoms with Gasteiger partial charge in [-0.3, -0.25) is 9.80 Å². The van der Waals surface area contributed by atoms with Crippen LogP contribution in [0.3, 0.4) is 0 Å². The first kappa shape index (κ1) is 8.97. The van der Waals surface area contributed by atoms with Gasteiger partial charge >= 0.3 is 0 Å². The van der Waals surface area contributed by atoms with Crippen LogP contribution in [0.15, 0.2) is 0 Å². The molecule has 2 aliphatic rings. The summed E-state index contributed by atoms with van der Waals surface area (Å²) in [5, 5.41) is 10.7. The molecule has 0 radical (unpaired) electrons. The van der Waals surface area contributed by atoms with Crippen LogP contribution in [0.4, 0.5) is 0 Å². The molecule has 2 fully saturated rings. The molecule has 1 unspecified atom stereocenters. The van der Waals surface area contributed by atoms with Crippen LogP contribution in [0.1, 0.15) is 32.6 Å². The number of nitrogens with zero attached hydrogens (tertiary/aromatic N) is 1. The van der Waals surface area contributed by atoms with Crippen LogP contribution in [0, 0.1) is 0 Å². The molecule has 4 nitrogen and oxygen atoms in total. The molecule has 2 rings (SSSR count). The highest BCUT2D eigenvalue weighted by Crippen LogP contribution is 2.38. The van der Waals surface area contributed by atoms with Crippen LogP contribution in [-0.2, 0) is 4.79 Å². The van der Waals surface area contributed by atoms with Gasteiger partial charge in [0.1, 0.15) is 0 Å². The van der Waals surface area contributed by atoms with E-state index in [0.717, 1.165) is 12.8 Å². The highest BCUT2D eigenvalue weighted by Gasteiger charge is 2.46. The highest BCUT2D eigenvalue weighted by atomic mass is 16.3. The van der Waals surface area contributed by atoms with Gasteiger partial charge in [0.2, 0.25) is 5.91 Å². The Kier molecular flexibility index (Phi) is 2.04. The number of amides is 1. The summed E-state index contributed by atoms with van der Waals surface area (Å²) in [4.78, 5) is 11.5. The number of aliphatic hydroxyl groups is 1. The Hall–Kier alpha value is -0.610. The van der Waals surface area contributed by atoms with E-state index in [9.17, 15) is 4.79 Å². The molecule has 2 N–H and O–H groups in total. The maximum absolute atomic E-state index is 11.5. The lowest BCUT2D eigenvalue weighted by Gasteiger charge is -2.38. The van der Waals surface area contributed by atoms with E-state index in [0.29, 0.717) is 13.0 Å². The Morgan fingerprint density at radius 1 is 1.69 bits per heavy atom. The maximum atomic E-state index is 11.5. The quantitative estimate of drug-likeness (QED) is 0.636. The van der Waals surface area contributed by atoms with Gasteiger partial charge in [0, 0.05) is 12.0 Å². The summed E-state index contributed by atoms with van der Waals surface area (Å²) in [7, 11) is 0. The first-order chi connectivity index (χ1) is 6.11. The third kappa shape index (κ3) is 1.56. The van der Waals surface area contributed by atoms with Crippen molar-refractivity contribution in [3.8, 4) is 0 Å². The molecular formula is C9H16N2O2. The SMILES string of the molecule is CC(O)CN1NC2(CCC2)CC1=O. The van der Waals surface area contributed by atoms with Gasteiger partial charge in [0.15, 0.2) is 0 Å². The number of carbonyl (C=O) groups is 1. The molecule has 13 heavy (non-hydrogen) atoms. The van der Waals surface area contributed by atoms with Crippen molar-refractivity contribution in [2.24, 2.45) is 0 Å². The molecule has 74 valence electrons. The van der Waals surface area contributed by atoms with Crippen LogP contribution in [-0.4, -0.2) is 34.2 Å². The van der Waals surface area contributed by atoms with E-state index in [1.165, 1.54) is 6.42 Å². The van der Waals surface area contributed by atoms with E-state index in [4.69, 9.17) is 5.11 Å². The van der Waals surface area contributed by atoms with Crippen LogP contribution in [0.5, 0.6) is 0 Å². The molecule has 0 aromatic rings. The van der Waals surface area contributed by atoms with Crippen molar-refractivity contribution in [1.82, 2.24) is 10.4 Å². The van der Waals surface area contributed by atoms with Crippen molar-refractivity contribution in [2.75, 3.05) is 6.54 Å². The summed E-state index contributed by atoms with van der Waals surface area (Å²) in [5.41, 5.74) is 3.27. The molecule has 1 spiro atoms. The number of hydrogen-bond donors (Lipinski definition) is 2.